The predicted octanol–water partition coefficient (Wildman–Crippen LogP) is 3.15. The molecule has 3 rings (SSSR count). The maximum absolute atomic E-state index is 12.9. The number of methoxy groups -OCH3 is 1. The largest absolute Gasteiger partial charge is 0.497 e. The summed E-state index contributed by atoms with van der Waals surface area (Å²) >= 11 is 1.39. The smallest absolute Gasteiger partial charge is 0.251 e. The van der Waals surface area contributed by atoms with E-state index in [2.05, 4.69) is 34.4 Å². The number of aromatic nitrogens is 1. The lowest BCUT2D eigenvalue weighted by molar-refractivity contribution is -0.118. The standard InChI is InChI=1S/C23H32N4O4S/c1-14(2)20(25-21(28)17-6-8-19(30-5)9-7-17)22(29)26-23-24-18(13-32-23)12-27-10-15(3)31-16(4)11-27/h6-9,13-16,20H,10-12H2,1-5H3,(H,25,28)(H,24,26,29)/t15-,16-,20+/m1/s1. The van der Waals surface area contributed by atoms with Crippen molar-refractivity contribution in [3.05, 3.63) is 40.9 Å². The molecule has 9 heteroatoms. The predicted molar refractivity (Wildman–Crippen MR) is 125 cm³/mol. The van der Waals surface area contributed by atoms with E-state index in [4.69, 9.17) is 9.47 Å². The molecule has 8 nitrogen and oxygen atoms in total. The molecule has 2 heterocycles. The summed E-state index contributed by atoms with van der Waals surface area (Å²) < 4.78 is 10.9. The van der Waals surface area contributed by atoms with Gasteiger partial charge in [0.15, 0.2) is 5.13 Å². The lowest BCUT2D eigenvalue weighted by Crippen LogP contribution is -2.47. The van der Waals surface area contributed by atoms with E-state index in [9.17, 15) is 9.59 Å². The number of rotatable bonds is 8. The molecule has 0 radical (unpaired) electrons. The zero-order valence-electron chi connectivity index (χ0n) is 19.3. The monoisotopic (exact) mass is 460 g/mol. The lowest BCUT2D eigenvalue weighted by Gasteiger charge is -2.34. The Bertz CT molecular complexity index is 905. The molecular formula is C23H32N4O4S. The van der Waals surface area contributed by atoms with Crippen LogP contribution in [0.4, 0.5) is 5.13 Å². The van der Waals surface area contributed by atoms with Gasteiger partial charge in [0.25, 0.3) is 5.91 Å². The molecule has 174 valence electrons. The van der Waals surface area contributed by atoms with Gasteiger partial charge >= 0.3 is 0 Å². The molecule has 0 unspecified atom stereocenters. The molecule has 0 saturated carbocycles. The van der Waals surface area contributed by atoms with Crippen LogP contribution in [0.2, 0.25) is 0 Å². The molecule has 1 aromatic heterocycles. The zero-order valence-corrected chi connectivity index (χ0v) is 20.1. The van der Waals surface area contributed by atoms with Gasteiger partial charge in [0.05, 0.1) is 25.0 Å². The summed E-state index contributed by atoms with van der Waals surface area (Å²) in [4.78, 5) is 32.4. The number of anilines is 1. The number of morpholine rings is 1. The van der Waals surface area contributed by atoms with Crippen LogP contribution >= 0.6 is 11.3 Å². The highest BCUT2D eigenvalue weighted by atomic mass is 32.1. The SMILES string of the molecule is COc1ccc(C(=O)N[C@H](C(=O)Nc2nc(CN3C[C@@H](C)O[C@H](C)C3)cs2)C(C)C)cc1. The number of hydrogen-bond donors (Lipinski definition) is 2. The van der Waals surface area contributed by atoms with Gasteiger partial charge in [-0.25, -0.2) is 4.98 Å². The maximum atomic E-state index is 12.9. The number of nitrogens with one attached hydrogen (secondary N) is 2. The van der Waals surface area contributed by atoms with E-state index >= 15 is 0 Å². The summed E-state index contributed by atoms with van der Waals surface area (Å²) in [6.07, 6.45) is 0.385. The zero-order chi connectivity index (χ0) is 23.3. The highest BCUT2D eigenvalue weighted by molar-refractivity contribution is 7.13. The van der Waals surface area contributed by atoms with Crippen LogP contribution in [-0.2, 0) is 16.1 Å². The molecule has 2 N–H and O–H groups in total. The van der Waals surface area contributed by atoms with E-state index in [-0.39, 0.29) is 29.9 Å². The fourth-order valence-electron chi connectivity index (χ4n) is 3.76. The number of thiazole rings is 1. The van der Waals surface area contributed by atoms with Crippen LogP contribution in [0.15, 0.2) is 29.6 Å². The van der Waals surface area contributed by atoms with Crippen molar-refractivity contribution >= 4 is 28.3 Å². The summed E-state index contributed by atoms with van der Waals surface area (Å²) in [7, 11) is 1.57. The molecule has 0 aliphatic carbocycles. The summed E-state index contributed by atoms with van der Waals surface area (Å²) in [5.41, 5.74) is 1.38. The minimum atomic E-state index is -0.683. The van der Waals surface area contributed by atoms with Crippen molar-refractivity contribution in [3.63, 3.8) is 0 Å². The molecule has 2 aromatic rings. The number of ether oxygens (including phenoxy) is 2. The van der Waals surface area contributed by atoms with Gasteiger partial charge in [0, 0.05) is 30.6 Å². The van der Waals surface area contributed by atoms with Crippen LogP contribution in [-0.4, -0.2) is 60.1 Å². The van der Waals surface area contributed by atoms with Crippen molar-refractivity contribution in [2.24, 2.45) is 5.92 Å². The molecule has 0 spiro atoms. The first-order chi connectivity index (χ1) is 15.2. The van der Waals surface area contributed by atoms with Crippen LogP contribution in [0.1, 0.15) is 43.7 Å². The Balaban J connectivity index is 1.59. The van der Waals surface area contributed by atoms with E-state index in [1.54, 1.807) is 31.4 Å². The van der Waals surface area contributed by atoms with Gasteiger partial charge in [-0.3, -0.25) is 14.5 Å². The molecule has 1 fully saturated rings. The number of nitrogens with zero attached hydrogens (tertiary/aromatic N) is 2. The Hall–Kier alpha value is -2.49. The van der Waals surface area contributed by atoms with E-state index in [0.717, 1.165) is 18.8 Å². The highest BCUT2D eigenvalue weighted by Crippen LogP contribution is 2.20. The maximum Gasteiger partial charge on any atom is 0.251 e. The number of carbonyl (C=O) groups is 2. The van der Waals surface area contributed by atoms with E-state index < -0.39 is 6.04 Å². The minimum Gasteiger partial charge on any atom is -0.497 e. The summed E-state index contributed by atoms with van der Waals surface area (Å²) in [5, 5.41) is 8.19. The Morgan fingerprint density at radius 2 is 1.88 bits per heavy atom. The van der Waals surface area contributed by atoms with Gasteiger partial charge < -0.3 is 20.1 Å². The molecular weight excluding hydrogens is 428 g/mol. The summed E-state index contributed by atoms with van der Waals surface area (Å²) in [5.74, 6) is -0.0125. The average Bonchev–Trinajstić information content (AvgIpc) is 3.17. The van der Waals surface area contributed by atoms with Gasteiger partial charge in [0.2, 0.25) is 5.91 Å². The first-order valence-corrected chi connectivity index (χ1v) is 11.7. The van der Waals surface area contributed by atoms with Gasteiger partial charge in [-0.2, -0.15) is 0 Å². The second-order valence-corrected chi connectivity index (χ2v) is 9.37. The van der Waals surface area contributed by atoms with Crippen LogP contribution in [0.3, 0.4) is 0 Å². The molecule has 0 bridgehead atoms. The molecule has 1 aromatic carbocycles. The highest BCUT2D eigenvalue weighted by Gasteiger charge is 2.26. The molecule has 1 aliphatic heterocycles. The van der Waals surface area contributed by atoms with Crippen molar-refractivity contribution < 1.29 is 19.1 Å². The molecule has 2 amide bonds. The summed E-state index contributed by atoms with van der Waals surface area (Å²) in [6, 6.07) is 6.09. The number of benzene rings is 1. The van der Waals surface area contributed by atoms with Crippen molar-refractivity contribution in [1.29, 1.82) is 0 Å². The summed E-state index contributed by atoms with van der Waals surface area (Å²) in [6.45, 7) is 10.4. The Kier molecular flexibility index (Phi) is 8.22. The molecule has 1 aliphatic rings. The minimum absolute atomic E-state index is 0.0899. The molecule has 1 saturated heterocycles. The van der Waals surface area contributed by atoms with Crippen LogP contribution in [0.5, 0.6) is 5.75 Å². The average molecular weight is 461 g/mol. The van der Waals surface area contributed by atoms with Crippen LogP contribution < -0.4 is 15.4 Å². The fourth-order valence-corrected chi connectivity index (χ4v) is 4.47. The van der Waals surface area contributed by atoms with Gasteiger partial charge in [0.1, 0.15) is 11.8 Å². The topological polar surface area (TPSA) is 92.8 Å². The number of hydrogen-bond acceptors (Lipinski definition) is 7. The van der Waals surface area contributed by atoms with Gasteiger partial charge in [-0.15, -0.1) is 11.3 Å². The van der Waals surface area contributed by atoms with E-state index in [1.807, 2.05) is 19.2 Å². The Morgan fingerprint density at radius 3 is 2.47 bits per heavy atom. The van der Waals surface area contributed by atoms with Crippen molar-refractivity contribution in [1.82, 2.24) is 15.2 Å². The third-order valence-electron chi connectivity index (χ3n) is 5.25. The third kappa shape index (κ3) is 6.51. The van der Waals surface area contributed by atoms with E-state index in [1.165, 1.54) is 11.3 Å². The molecule has 32 heavy (non-hydrogen) atoms. The van der Waals surface area contributed by atoms with Crippen molar-refractivity contribution in [2.75, 3.05) is 25.5 Å². The third-order valence-corrected chi connectivity index (χ3v) is 6.06. The van der Waals surface area contributed by atoms with Gasteiger partial charge in [-0.1, -0.05) is 13.8 Å². The van der Waals surface area contributed by atoms with Crippen LogP contribution in [0.25, 0.3) is 0 Å². The van der Waals surface area contributed by atoms with Crippen LogP contribution in [0, 0.1) is 5.92 Å². The second kappa shape index (κ2) is 10.9. The second-order valence-electron chi connectivity index (χ2n) is 8.51. The Labute approximate surface area is 193 Å². The van der Waals surface area contributed by atoms with Crippen molar-refractivity contribution in [3.8, 4) is 5.75 Å². The number of amides is 2. The first kappa shape index (κ1) is 24.2. The van der Waals surface area contributed by atoms with E-state index in [0.29, 0.717) is 23.0 Å². The Morgan fingerprint density at radius 1 is 1.22 bits per heavy atom. The number of carbonyl (C=O) groups excluding carboxylic acids is 2. The molecule has 3 atom stereocenters. The van der Waals surface area contributed by atoms with Crippen molar-refractivity contribution in [2.45, 2.75) is 52.5 Å². The fraction of sp³-hybridized carbons (Fsp3) is 0.522. The quantitative estimate of drug-likeness (QED) is 0.629. The lowest BCUT2D eigenvalue weighted by atomic mass is 10.0. The first-order valence-electron chi connectivity index (χ1n) is 10.8. The normalized spacial score (nSPS) is 20.1. The van der Waals surface area contributed by atoms with Gasteiger partial charge in [-0.05, 0) is 44.0 Å².